The zero-order chi connectivity index (χ0) is 17.6. The average molecular weight is 344 g/mol. The van der Waals surface area contributed by atoms with Gasteiger partial charge in [-0.25, -0.2) is 4.79 Å². The number of nitrogens with zero attached hydrogens (tertiary/aromatic N) is 1. The van der Waals surface area contributed by atoms with E-state index < -0.39 is 23.8 Å². The van der Waals surface area contributed by atoms with E-state index in [2.05, 4.69) is 4.99 Å². The Bertz CT molecular complexity index is 926. The molecular weight excluding hydrogens is 328 g/mol. The van der Waals surface area contributed by atoms with Gasteiger partial charge in [-0.05, 0) is 36.2 Å². The number of nitrogens with two attached hydrogens (primary N) is 1. The molecule has 7 heteroatoms. The van der Waals surface area contributed by atoms with E-state index >= 15 is 0 Å². The highest BCUT2D eigenvalue weighted by atomic mass is 32.1. The van der Waals surface area contributed by atoms with Gasteiger partial charge in [0.1, 0.15) is 5.92 Å². The molecule has 2 heterocycles. The predicted octanol–water partition coefficient (Wildman–Crippen LogP) is 3.10. The molecule has 0 saturated carbocycles. The number of anilines is 1. The van der Waals surface area contributed by atoms with Crippen LogP contribution in [0.3, 0.4) is 0 Å². The van der Waals surface area contributed by atoms with Crippen LogP contribution in [0.15, 0.2) is 39.8 Å². The minimum Gasteiger partial charge on any atom is -0.481 e. The van der Waals surface area contributed by atoms with Gasteiger partial charge in [-0.1, -0.05) is 12.1 Å². The Morgan fingerprint density at radius 2 is 1.96 bits per heavy atom. The molecule has 6 nitrogen and oxygen atoms in total. The molecule has 0 spiro atoms. The fraction of sp³-hybridized carbons (Fsp3) is 0.235. The maximum Gasteiger partial charge on any atom is 0.334 e. The third-order valence-electron chi connectivity index (χ3n) is 4.32. The SMILES string of the molecule is CC1=NC(C)=C(C(=O)O)C(c2csc3c(N)cccc23)C1C(=O)O. The molecule has 4 N–H and O–H groups in total. The van der Waals surface area contributed by atoms with Crippen LogP contribution in [-0.2, 0) is 9.59 Å². The molecule has 0 bridgehead atoms. The van der Waals surface area contributed by atoms with E-state index in [1.807, 2.05) is 6.07 Å². The van der Waals surface area contributed by atoms with Crippen molar-refractivity contribution in [3.05, 3.63) is 40.4 Å². The van der Waals surface area contributed by atoms with Crippen molar-refractivity contribution >= 4 is 44.8 Å². The van der Waals surface area contributed by atoms with Gasteiger partial charge in [0.25, 0.3) is 0 Å². The summed E-state index contributed by atoms with van der Waals surface area (Å²) in [6, 6.07) is 5.39. The number of thiophene rings is 1. The molecular formula is C17H16N2O4S. The van der Waals surface area contributed by atoms with Gasteiger partial charge in [-0.2, -0.15) is 0 Å². The van der Waals surface area contributed by atoms with Gasteiger partial charge < -0.3 is 15.9 Å². The Balaban J connectivity index is 2.31. The van der Waals surface area contributed by atoms with Crippen LogP contribution in [-0.4, -0.2) is 27.9 Å². The summed E-state index contributed by atoms with van der Waals surface area (Å²) in [5.74, 6) is -4.05. The van der Waals surface area contributed by atoms with Gasteiger partial charge in [0.2, 0.25) is 0 Å². The average Bonchev–Trinajstić information content (AvgIpc) is 2.90. The van der Waals surface area contributed by atoms with E-state index in [1.54, 1.807) is 31.4 Å². The molecule has 124 valence electrons. The first kappa shape index (κ1) is 16.2. The first-order valence-electron chi connectivity index (χ1n) is 7.30. The summed E-state index contributed by atoms with van der Waals surface area (Å²) in [6.45, 7) is 3.22. The van der Waals surface area contributed by atoms with Gasteiger partial charge in [0, 0.05) is 23.0 Å². The van der Waals surface area contributed by atoms with Gasteiger partial charge in [-0.3, -0.25) is 9.79 Å². The summed E-state index contributed by atoms with van der Waals surface area (Å²) < 4.78 is 0.833. The molecule has 0 saturated heterocycles. The van der Waals surface area contributed by atoms with Crippen molar-refractivity contribution in [1.82, 2.24) is 0 Å². The molecule has 1 aliphatic rings. The number of benzene rings is 1. The minimum atomic E-state index is -1.15. The van der Waals surface area contributed by atoms with E-state index in [1.165, 1.54) is 11.3 Å². The molecule has 2 unspecified atom stereocenters. The van der Waals surface area contributed by atoms with Crippen LogP contribution in [0.1, 0.15) is 25.3 Å². The number of allylic oxidation sites excluding steroid dienone is 1. The fourth-order valence-corrected chi connectivity index (χ4v) is 4.35. The lowest BCUT2D eigenvalue weighted by atomic mass is 9.75. The first-order chi connectivity index (χ1) is 11.3. The molecule has 24 heavy (non-hydrogen) atoms. The zero-order valence-corrected chi connectivity index (χ0v) is 13.9. The van der Waals surface area contributed by atoms with Gasteiger partial charge in [0.05, 0.1) is 10.3 Å². The van der Waals surface area contributed by atoms with Gasteiger partial charge >= 0.3 is 11.9 Å². The van der Waals surface area contributed by atoms with Crippen molar-refractivity contribution in [2.24, 2.45) is 10.9 Å². The van der Waals surface area contributed by atoms with Crippen LogP contribution < -0.4 is 5.73 Å². The number of hydrogen-bond acceptors (Lipinski definition) is 5. The van der Waals surface area contributed by atoms with Crippen LogP contribution >= 0.6 is 11.3 Å². The lowest BCUT2D eigenvalue weighted by Crippen LogP contribution is -2.34. The molecule has 1 aliphatic heterocycles. The largest absolute Gasteiger partial charge is 0.481 e. The molecule has 2 atom stereocenters. The van der Waals surface area contributed by atoms with Crippen molar-refractivity contribution in [3.8, 4) is 0 Å². The Morgan fingerprint density at radius 1 is 1.25 bits per heavy atom. The van der Waals surface area contributed by atoms with Crippen LogP contribution in [0.4, 0.5) is 5.69 Å². The highest BCUT2D eigenvalue weighted by Crippen LogP contribution is 2.44. The number of carboxylic acids is 2. The predicted molar refractivity (Wildman–Crippen MR) is 93.5 cm³/mol. The van der Waals surface area contributed by atoms with Crippen molar-refractivity contribution in [1.29, 1.82) is 0 Å². The van der Waals surface area contributed by atoms with E-state index in [0.29, 0.717) is 22.7 Å². The second-order valence-electron chi connectivity index (χ2n) is 5.77. The van der Waals surface area contributed by atoms with Crippen LogP contribution in [0, 0.1) is 5.92 Å². The molecule has 2 aromatic rings. The highest BCUT2D eigenvalue weighted by molar-refractivity contribution is 7.18. The normalized spacial score (nSPS) is 21.0. The van der Waals surface area contributed by atoms with Crippen LogP contribution in [0.5, 0.6) is 0 Å². The summed E-state index contributed by atoms with van der Waals surface area (Å²) in [5, 5.41) is 21.9. The fourth-order valence-electron chi connectivity index (χ4n) is 3.31. The topological polar surface area (TPSA) is 113 Å². The standard InChI is InChI=1S/C17H16N2O4S/c1-7-12(16(20)21)14(13(17(22)23)8(2)19-7)10-6-24-15-9(10)4-3-5-11(15)18/h3-6,12,14H,18H2,1-2H3,(H,20,21)(H,22,23). The number of carboxylic acid groups (broad SMARTS) is 2. The molecule has 0 amide bonds. The Kier molecular flexibility index (Phi) is 3.88. The van der Waals surface area contributed by atoms with Crippen LogP contribution in [0.25, 0.3) is 10.1 Å². The number of nitrogen functional groups attached to an aromatic ring is 1. The van der Waals surface area contributed by atoms with Gasteiger partial charge in [0.15, 0.2) is 0 Å². The Morgan fingerprint density at radius 3 is 2.58 bits per heavy atom. The van der Waals surface area contributed by atoms with E-state index in [4.69, 9.17) is 5.73 Å². The smallest absolute Gasteiger partial charge is 0.334 e. The molecule has 0 aliphatic carbocycles. The molecule has 0 fully saturated rings. The Labute approximate surface area is 141 Å². The number of carbonyl (C=O) groups is 2. The number of fused-ring (bicyclic) bond motifs is 1. The third-order valence-corrected chi connectivity index (χ3v) is 5.38. The number of aliphatic carboxylic acids is 2. The van der Waals surface area contributed by atoms with Crippen LogP contribution in [0.2, 0.25) is 0 Å². The summed E-state index contributed by atoms with van der Waals surface area (Å²) >= 11 is 1.39. The lowest BCUT2D eigenvalue weighted by molar-refractivity contribution is -0.140. The molecule has 3 rings (SSSR count). The first-order valence-corrected chi connectivity index (χ1v) is 8.18. The summed E-state index contributed by atoms with van der Waals surface area (Å²) in [7, 11) is 0. The summed E-state index contributed by atoms with van der Waals surface area (Å²) in [4.78, 5) is 27.8. The third kappa shape index (κ3) is 2.37. The monoisotopic (exact) mass is 344 g/mol. The number of hydrogen-bond donors (Lipinski definition) is 3. The second-order valence-corrected chi connectivity index (χ2v) is 6.65. The second kappa shape index (κ2) is 5.76. The number of aliphatic imine (C=N–C) groups is 1. The summed E-state index contributed by atoms with van der Waals surface area (Å²) in [5.41, 5.74) is 8.01. The highest BCUT2D eigenvalue weighted by Gasteiger charge is 2.42. The quantitative estimate of drug-likeness (QED) is 0.741. The molecule has 1 aromatic carbocycles. The Hall–Kier alpha value is -2.67. The van der Waals surface area contributed by atoms with Crippen molar-refractivity contribution in [2.45, 2.75) is 19.8 Å². The summed E-state index contributed by atoms with van der Waals surface area (Å²) in [6.07, 6.45) is 0. The van der Waals surface area contributed by atoms with Crippen molar-refractivity contribution < 1.29 is 19.8 Å². The van der Waals surface area contributed by atoms with E-state index in [0.717, 1.165) is 10.1 Å². The zero-order valence-electron chi connectivity index (χ0n) is 13.1. The number of rotatable bonds is 3. The maximum atomic E-state index is 11.8. The van der Waals surface area contributed by atoms with E-state index in [-0.39, 0.29) is 5.57 Å². The molecule has 1 aromatic heterocycles. The molecule has 0 radical (unpaired) electrons. The maximum absolute atomic E-state index is 11.8. The van der Waals surface area contributed by atoms with Crippen molar-refractivity contribution in [3.63, 3.8) is 0 Å². The van der Waals surface area contributed by atoms with Gasteiger partial charge in [-0.15, -0.1) is 11.3 Å². The minimum absolute atomic E-state index is 0.0233. The van der Waals surface area contributed by atoms with Crippen molar-refractivity contribution in [2.75, 3.05) is 5.73 Å². The van der Waals surface area contributed by atoms with E-state index in [9.17, 15) is 19.8 Å². The lowest BCUT2D eigenvalue weighted by Gasteiger charge is -2.29.